The Morgan fingerprint density at radius 3 is 2.61 bits per heavy atom. The minimum absolute atomic E-state index is 0.459. The average molecular weight is 242 g/mol. The molecule has 0 unspecified atom stereocenters. The van der Waals surface area contributed by atoms with Crippen molar-refractivity contribution in [2.45, 2.75) is 38.5 Å². The van der Waals surface area contributed by atoms with Crippen LogP contribution >= 0.6 is 0 Å². The Hall–Kier alpha value is -1.57. The normalized spacial score (nSPS) is 19.4. The first kappa shape index (κ1) is 11.5. The molecule has 0 saturated heterocycles. The molecule has 1 aromatic carbocycles. The molecule has 0 aliphatic heterocycles. The second-order valence-electron chi connectivity index (χ2n) is 5.40. The van der Waals surface area contributed by atoms with Gasteiger partial charge in [-0.05, 0) is 60.3 Å². The van der Waals surface area contributed by atoms with E-state index in [0.29, 0.717) is 5.92 Å². The lowest BCUT2D eigenvalue weighted by Gasteiger charge is -2.28. The van der Waals surface area contributed by atoms with Crippen LogP contribution in [0, 0.1) is 5.92 Å². The lowest BCUT2D eigenvalue weighted by Crippen LogP contribution is -2.14. The van der Waals surface area contributed by atoms with Gasteiger partial charge in [0.1, 0.15) is 0 Å². The second-order valence-corrected chi connectivity index (χ2v) is 5.40. The summed E-state index contributed by atoms with van der Waals surface area (Å²) < 4.78 is 0. The van der Waals surface area contributed by atoms with Gasteiger partial charge in [-0.3, -0.25) is 0 Å². The lowest BCUT2D eigenvalue weighted by atomic mass is 9.76. The predicted molar refractivity (Wildman–Crippen MR) is 71.4 cm³/mol. The first-order chi connectivity index (χ1) is 8.74. The molecule has 2 aliphatic rings. The largest absolute Gasteiger partial charge is 0.478 e. The highest BCUT2D eigenvalue weighted by Gasteiger charge is 2.24. The molecule has 1 aromatic rings. The molecule has 0 spiro atoms. The molecule has 1 saturated carbocycles. The van der Waals surface area contributed by atoms with Gasteiger partial charge in [0.05, 0.1) is 0 Å². The fourth-order valence-electron chi connectivity index (χ4n) is 3.04. The highest BCUT2D eigenvalue weighted by molar-refractivity contribution is 5.90. The smallest absolute Gasteiger partial charge is 0.328 e. The maximum Gasteiger partial charge on any atom is 0.328 e. The number of aliphatic carboxylic acids is 1. The third-order valence-electron chi connectivity index (χ3n) is 4.26. The molecule has 94 valence electrons. The number of rotatable bonds is 3. The van der Waals surface area contributed by atoms with Crippen LogP contribution in [0.5, 0.6) is 0 Å². The van der Waals surface area contributed by atoms with E-state index in [9.17, 15) is 4.79 Å². The van der Waals surface area contributed by atoms with Crippen LogP contribution in [0.15, 0.2) is 24.3 Å². The van der Waals surface area contributed by atoms with Crippen molar-refractivity contribution in [2.75, 3.05) is 0 Å². The fraction of sp³-hybridized carbons (Fsp3) is 0.438. The molecule has 0 heterocycles. The number of benzene rings is 1. The molecule has 0 radical (unpaired) electrons. The van der Waals surface area contributed by atoms with Crippen LogP contribution in [-0.4, -0.2) is 11.1 Å². The maximum atomic E-state index is 11.0. The molecular weight excluding hydrogens is 224 g/mol. The van der Waals surface area contributed by atoms with Crippen LogP contribution in [0.25, 0.3) is 5.57 Å². The third kappa shape index (κ3) is 2.07. The number of carboxylic acids is 1. The van der Waals surface area contributed by atoms with Gasteiger partial charge in [0.25, 0.3) is 0 Å². The monoisotopic (exact) mass is 242 g/mol. The summed E-state index contributed by atoms with van der Waals surface area (Å²) >= 11 is 0. The summed E-state index contributed by atoms with van der Waals surface area (Å²) in [4.78, 5) is 11.0. The molecule has 2 heteroatoms. The number of fused-ring (bicyclic) bond motifs is 1. The molecule has 0 aromatic heterocycles. The molecule has 3 rings (SSSR count). The number of allylic oxidation sites excluding steroid dienone is 1. The highest BCUT2D eigenvalue weighted by Crippen LogP contribution is 2.39. The van der Waals surface area contributed by atoms with Crippen molar-refractivity contribution in [1.29, 1.82) is 0 Å². The van der Waals surface area contributed by atoms with Crippen molar-refractivity contribution in [2.24, 2.45) is 5.92 Å². The van der Waals surface area contributed by atoms with Gasteiger partial charge < -0.3 is 5.11 Å². The zero-order chi connectivity index (χ0) is 12.5. The average Bonchev–Trinajstić information content (AvgIpc) is 2.71. The van der Waals surface area contributed by atoms with Crippen LogP contribution in [0.3, 0.4) is 0 Å². The minimum Gasteiger partial charge on any atom is -0.478 e. The maximum absolute atomic E-state index is 11.0. The van der Waals surface area contributed by atoms with Crippen molar-refractivity contribution in [3.8, 4) is 0 Å². The Morgan fingerprint density at radius 1 is 1.17 bits per heavy atom. The molecule has 1 fully saturated rings. The molecule has 0 atom stereocenters. The van der Waals surface area contributed by atoms with Crippen LogP contribution < -0.4 is 0 Å². The molecule has 2 nitrogen and oxygen atoms in total. The van der Waals surface area contributed by atoms with Crippen LogP contribution in [-0.2, 0) is 17.6 Å². The number of carbonyl (C=O) groups is 1. The Morgan fingerprint density at radius 2 is 1.94 bits per heavy atom. The second kappa shape index (κ2) is 4.60. The Balaban J connectivity index is 1.97. The van der Waals surface area contributed by atoms with Crippen LogP contribution in [0.1, 0.15) is 42.4 Å². The topological polar surface area (TPSA) is 37.3 Å². The number of hydrogen-bond acceptors (Lipinski definition) is 1. The fourth-order valence-corrected chi connectivity index (χ4v) is 3.04. The van der Waals surface area contributed by atoms with Crippen molar-refractivity contribution in [1.82, 2.24) is 0 Å². The Bertz CT molecular complexity index is 510. The van der Waals surface area contributed by atoms with Gasteiger partial charge in [0.2, 0.25) is 0 Å². The van der Waals surface area contributed by atoms with E-state index in [2.05, 4.69) is 18.2 Å². The Labute approximate surface area is 107 Å². The van der Waals surface area contributed by atoms with Gasteiger partial charge in [-0.1, -0.05) is 24.6 Å². The first-order valence-electron chi connectivity index (χ1n) is 6.81. The molecule has 0 bridgehead atoms. The zero-order valence-corrected chi connectivity index (χ0v) is 10.5. The third-order valence-corrected chi connectivity index (χ3v) is 4.26. The lowest BCUT2D eigenvalue weighted by molar-refractivity contribution is -0.131. The molecule has 1 N–H and O–H groups in total. The van der Waals surface area contributed by atoms with Crippen LogP contribution in [0.4, 0.5) is 0 Å². The minimum atomic E-state index is -0.822. The van der Waals surface area contributed by atoms with E-state index in [0.717, 1.165) is 30.4 Å². The van der Waals surface area contributed by atoms with E-state index in [1.54, 1.807) is 0 Å². The van der Waals surface area contributed by atoms with Gasteiger partial charge in [-0.25, -0.2) is 4.79 Å². The van der Waals surface area contributed by atoms with Crippen molar-refractivity contribution in [3.63, 3.8) is 0 Å². The van der Waals surface area contributed by atoms with Crippen molar-refractivity contribution < 1.29 is 9.90 Å². The summed E-state index contributed by atoms with van der Waals surface area (Å²) in [6, 6.07) is 6.51. The molecule has 18 heavy (non-hydrogen) atoms. The van der Waals surface area contributed by atoms with Gasteiger partial charge in [-0.15, -0.1) is 0 Å². The molecular formula is C16H18O2. The summed E-state index contributed by atoms with van der Waals surface area (Å²) in [5.74, 6) is -0.363. The Kier molecular flexibility index (Phi) is 2.94. The first-order valence-corrected chi connectivity index (χ1v) is 6.81. The summed E-state index contributed by atoms with van der Waals surface area (Å²) in [5.41, 5.74) is 5.02. The standard InChI is InChI=1S/C16H18O2/c17-16(18)10-15(12-4-2-5-12)14-8-7-11-3-1-6-13(11)9-14/h7-10,12H,1-6H2,(H,17,18)/b15-10+. The summed E-state index contributed by atoms with van der Waals surface area (Å²) in [5, 5.41) is 9.03. The quantitative estimate of drug-likeness (QED) is 0.824. The number of carboxylic acid groups (broad SMARTS) is 1. The van der Waals surface area contributed by atoms with E-state index in [-0.39, 0.29) is 0 Å². The van der Waals surface area contributed by atoms with E-state index >= 15 is 0 Å². The van der Waals surface area contributed by atoms with Crippen LogP contribution in [0.2, 0.25) is 0 Å². The SMILES string of the molecule is O=C(O)/C=C(/c1ccc2c(c1)CCC2)C1CCC1. The number of hydrogen-bond donors (Lipinski definition) is 1. The van der Waals surface area contributed by atoms with E-state index < -0.39 is 5.97 Å². The van der Waals surface area contributed by atoms with Gasteiger partial charge in [0.15, 0.2) is 0 Å². The molecule has 2 aliphatic carbocycles. The van der Waals surface area contributed by atoms with Crippen molar-refractivity contribution >= 4 is 11.5 Å². The van der Waals surface area contributed by atoms with Gasteiger partial charge >= 0.3 is 5.97 Å². The van der Waals surface area contributed by atoms with E-state index in [1.807, 2.05) is 0 Å². The highest BCUT2D eigenvalue weighted by atomic mass is 16.4. The zero-order valence-electron chi connectivity index (χ0n) is 10.5. The number of aryl methyl sites for hydroxylation is 2. The van der Waals surface area contributed by atoms with E-state index in [4.69, 9.17) is 5.11 Å². The molecule has 0 amide bonds. The van der Waals surface area contributed by atoms with Gasteiger partial charge in [0, 0.05) is 6.08 Å². The van der Waals surface area contributed by atoms with Crippen molar-refractivity contribution in [3.05, 3.63) is 41.0 Å². The summed E-state index contributed by atoms with van der Waals surface area (Å²) in [7, 11) is 0. The summed E-state index contributed by atoms with van der Waals surface area (Å²) in [6.45, 7) is 0. The van der Waals surface area contributed by atoms with Gasteiger partial charge in [-0.2, -0.15) is 0 Å². The predicted octanol–water partition coefficient (Wildman–Crippen LogP) is 3.44. The van der Waals surface area contributed by atoms with E-state index in [1.165, 1.54) is 36.5 Å². The summed E-state index contributed by atoms with van der Waals surface area (Å²) in [6.07, 6.45) is 8.48.